The second-order valence-corrected chi connectivity index (χ2v) is 5.55. The van der Waals surface area contributed by atoms with Crippen LogP contribution < -0.4 is 5.32 Å². The Morgan fingerprint density at radius 3 is 2.92 bits per heavy atom. The Bertz CT molecular complexity index is 1030. The molecule has 1 amide bonds. The van der Waals surface area contributed by atoms with Crippen molar-refractivity contribution in [1.82, 2.24) is 45.2 Å². The van der Waals surface area contributed by atoms with Gasteiger partial charge in [0.2, 0.25) is 5.82 Å². The minimum atomic E-state index is -0.282. The molecule has 4 aromatic heterocycles. The van der Waals surface area contributed by atoms with Crippen molar-refractivity contribution in [3.63, 3.8) is 0 Å². The Morgan fingerprint density at radius 2 is 2.15 bits per heavy atom. The minimum absolute atomic E-state index is 0.199. The SMILES string of the molecule is Cn1cccc1-c1cc(C(=O)NCc2nc(-c3cnccn3)n[nH]2)[nH]n1. The zero-order valence-electron chi connectivity index (χ0n) is 13.8. The highest BCUT2D eigenvalue weighted by molar-refractivity contribution is 5.93. The van der Waals surface area contributed by atoms with Gasteiger partial charge >= 0.3 is 0 Å². The highest BCUT2D eigenvalue weighted by Gasteiger charge is 2.13. The number of aromatic amines is 2. The molecule has 10 nitrogen and oxygen atoms in total. The number of hydrogen-bond donors (Lipinski definition) is 3. The standard InChI is InChI=1S/C16H15N9O/c1-25-6-2-3-13(25)10-7-11(22-21-10)16(26)19-9-14-20-15(24-23-14)12-8-17-4-5-18-12/h2-8H,9H2,1H3,(H,19,26)(H,21,22)(H,20,23,24). The van der Waals surface area contributed by atoms with Crippen molar-refractivity contribution in [3.8, 4) is 22.9 Å². The fourth-order valence-corrected chi connectivity index (χ4v) is 2.46. The van der Waals surface area contributed by atoms with Crippen molar-refractivity contribution < 1.29 is 4.79 Å². The lowest BCUT2D eigenvalue weighted by Crippen LogP contribution is -2.23. The van der Waals surface area contributed by atoms with E-state index in [2.05, 4.69) is 40.7 Å². The molecule has 0 spiro atoms. The average molecular weight is 349 g/mol. The first-order valence-corrected chi connectivity index (χ1v) is 7.83. The van der Waals surface area contributed by atoms with Gasteiger partial charge in [-0.05, 0) is 18.2 Å². The highest BCUT2D eigenvalue weighted by atomic mass is 16.1. The Morgan fingerprint density at radius 1 is 1.23 bits per heavy atom. The van der Waals surface area contributed by atoms with Gasteiger partial charge in [0.15, 0.2) is 0 Å². The number of carbonyl (C=O) groups is 1. The third-order valence-corrected chi connectivity index (χ3v) is 3.77. The summed E-state index contributed by atoms with van der Waals surface area (Å²) in [6.45, 7) is 0.199. The average Bonchev–Trinajstić information content (AvgIpc) is 3.41. The quantitative estimate of drug-likeness (QED) is 0.491. The zero-order chi connectivity index (χ0) is 17.9. The second-order valence-electron chi connectivity index (χ2n) is 5.55. The monoisotopic (exact) mass is 349 g/mol. The lowest BCUT2D eigenvalue weighted by atomic mass is 10.3. The van der Waals surface area contributed by atoms with Crippen LogP contribution in [-0.4, -0.2) is 45.8 Å². The number of rotatable bonds is 5. The normalized spacial score (nSPS) is 10.8. The first-order valence-electron chi connectivity index (χ1n) is 7.83. The predicted octanol–water partition coefficient (Wildman–Crippen LogP) is 0.920. The van der Waals surface area contributed by atoms with Crippen LogP contribution in [0.4, 0.5) is 0 Å². The molecule has 0 aromatic carbocycles. The van der Waals surface area contributed by atoms with E-state index >= 15 is 0 Å². The number of hydrogen-bond acceptors (Lipinski definition) is 6. The van der Waals surface area contributed by atoms with E-state index in [1.807, 2.05) is 29.9 Å². The van der Waals surface area contributed by atoms with E-state index in [0.29, 0.717) is 28.7 Å². The van der Waals surface area contributed by atoms with Crippen molar-refractivity contribution in [2.75, 3.05) is 0 Å². The van der Waals surface area contributed by atoms with E-state index in [-0.39, 0.29) is 12.5 Å². The summed E-state index contributed by atoms with van der Waals surface area (Å²) in [5.74, 6) is 0.659. The third kappa shape index (κ3) is 3.07. The number of aryl methyl sites for hydroxylation is 1. The van der Waals surface area contributed by atoms with E-state index in [1.165, 1.54) is 0 Å². The molecule has 4 heterocycles. The first-order chi connectivity index (χ1) is 12.7. The maximum Gasteiger partial charge on any atom is 0.269 e. The van der Waals surface area contributed by atoms with Gasteiger partial charge in [-0.2, -0.15) is 10.2 Å². The van der Waals surface area contributed by atoms with E-state index in [9.17, 15) is 4.79 Å². The molecule has 0 aliphatic heterocycles. The summed E-state index contributed by atoms with van der Waals surface area (Å²) in [6.07, 6.45) is 6.63. The summed E-state index contributed by atoms with van der Waals surface area (Å²) in [5.41, 5.74) is 2.55. The molecule has 3 N–H and O–H groups in total. The predicted molar refractivity (Wildman–Crippen MR) is 91.6 cm³/mol. The fraction of sp³-hybridized carbons (Fsp3) is 0.125. The van der Waals surface area contributed by atoms with Gasteiger partial charge in [0.25, 0.3) is 5.91 Å². The molecule has 0 atom stereocenters. The fourth-order valence-electron chi connectivity index (χ4n) is 2.46. The molecule has 130 valence electrons. The largest absolute Gasteiger partial charge is 0.349 e. The van der Waals surface area contributed by atoms with Gasteiger partial charge in [0.05, 0.1) is 18.4 Å². The van der Waals surface area contributed by atoms with Gasteiger partial charge in [0, 0.05) is 25.6 Å². The minimum Gasteiger partial charge on any atom is -0.349 e. The first kappa shape index (κ1) is 15.7. The molecule has 0 fully saturated rings. The zero-order valence-corrected chi connectivity index (χ0v) is 13.8. The number of nitrogens with one attached hydrogen (secondary N) is 3. The molecule has 0 bridgehead atoms. The van der Waals surface area contributed by atoms with Crippen LogP contribution in [0, 0.1) is 0 Å². The second kappa shape index (κ2) is 6.59. The summed E-state index contributed by atoms with van der Waals surface area (Å²) in [4.78, 5) is 24.7. The van der Waals surface area contributed by atoms with Crippen LogP contribution >= 0.6 is 0 Å². The Labute approximate surface area is 147 Å². The highest BCUT2D eigenvalue weighted by Crippen LogP contribution is 2.17. The topological polar surface area (TPSA) is 130 Å². The Balaban J connectivity index is 1.41. The van der Waals surface area contributed by atoms with Crippen LogP contribution in [0.3, 0.4) is 0 Å². The van der Waals surface area contributed by atoms with Gasteiger partial charge in [-0.1, -0.05) is 0 Å². The lowest BCUT2D eigenvalue weighted by Gasteiger charge is -1.99. The summed E-state index contributed by atoms with van der Waals surface area (Å²) < 4.78 is 1.93. The molecule has 4 aromatic rings. The van der Waals surface area contributed by atoms with Gasteiger partial charge in [-0.15, -0.1) is 0 Å². The number of nitrogens with zero attached hydrogens (tertiary/aromatic N) is 6. The van der Waals surface area contributed by atoms with E-state index in [4.69, 9.17) is 0 Å². The van der Waals surface area contributed by atoms with Crippen molar-refractivity contribution >= 4 is 5.91 Å². The maximum atomic E-state index is 12.3. The molecular formula is C16H15N9O. The van der Waals surface area contributed by atoms with Crippen LogP contribution in [-0.2, 0) is 13.6 Å². The molecule has 0 unspecified atom stereocenters. The molecule has 26 heavy (non-hydrogen) atoms. The van der Waals surface area contributed by atoms with Crippen molar-refractivity contribution in [2.45, 2.75) is 6.54 Å². The molecule has 10 heteroatoms. The van der Waals surface area contributed by atoms with Crippen molar-refractivity contribution in [2.24, 2.45) is 7.05 Å². The van der Waals surface area contributed by atoms with Crippen LogP contribution in [0.25, 0.3) is 22.9 Å². The lowest BCUT2D eigenvalue weighted by molar-refractivity contribution is 0.0945. The summed E-state index contributed by atoms with van der Waals surface area (Å²) in [6, 6.07) is 5.55. The van der Waals surface area contributed by atoms with Crippen LogP contribution in [0.1, 0.15) is 16.3 Å². The number of amides is 1. The molecule has 4 rings (SSSR count). The number of aromatic nitrogens is 8. The van der Waals surface area contributed by atoms with Crippen molar-refractivity contribution in [1.29, 1.82) is 0 Å². The molecule has 0 saturated heterocycles. The Kier molecular flexibility index (Phi) is 3.98. The Hall–Kier alpha value is -3.82. The molecule has 0 aliphatic rings. The van der Waals surface area contributed by atoms with Gasteiger partial charge in [-0.3, -0.25) is 20.0 Å². The summed E-state index contributed by atoms with van der Waals surface area (Å²) in [7, 11) is 1.92. The van der Waals surface area contributed by atoms with E-state index in [0.717, 1.165) is 5.69 Å². The van der Waals surface area contributed by atoms with Gasteiger partial charge < -0.3 is 9.88 Å². The molecule has 0 radical (unpaired) electrons. The van der Waals surface area contributed by atoms with E-state index in [1.54, 1.807) is 24.7 Å². The van der Waals surface area contributed by atoms with Gasteiger partial charge in [-0.25, -0.2) is 9.97 Å². The van der Waals surface area contributed by atoms with Crippen LogP contribution in [0.2, 0.25) is 0 Å². The summed E-state index contributed by atoms with van der Waals surface area (Å²) in [5, 5.41) is 16.5. The number of H-pyrrole nitrogens is 2. The maximum absolute atomic E-state index is 12.3. The van der Waals surface area contributed by atoms with Crippen LogP contribution in [0.15, 0.2) is 43.0 Å². The van der Waals surface area contributed by atoms with Gasteiger partial charge in [0.1, 0.15) is 22.9 Å². The third-order valence-electron chi connectivity index (χ3n) is 3.77. The van der Waals surface area contributed by atoms with Crippen molar-refractivity contribution in [3.05, 3.63) is 54.5 Å². The summed E-state index contributed by atoms with van der Waals surface area (Å²) >= 11 is 0. The molecule has 0 saturated carbocycles. The number of carbonyl (C=O) groups excluding carboxylic acids is 1. The molecular weight excluding hydrogens is 334 g/mol. The van der Waals surface area contributed by atoms with Crippen LogP contribution in [0.5, 0.6) is 0 Å². The molecule has 0 aliphatic carbocycles. The van der Waals surface area contributed by atoms with E-state index < -0.39 is 0 Å². The smallest absolute Gasteiger partial charge is 0.269 e.